The molecular formula is C16H23NO4. The fourth-order valence-corrected chi connectivity index (χ4v) is 2.04. The highest BCUT2D eigenvalue weighted by molar-refractivity contribution is 5.77. The van der Waals surface area contributed by atoms with Gasteiger partial charge in [-0.25, -0.2) is 0 Å². The summed E-state index contributed by atoms with van der Waals surface area (Å²) in [5, 5.41) is 11.5. The van der Waals surface area contributed by atoms with Crippen molar-refractivity contribution < 1.29 is 19.4 Å². The molecule has 21 heavy (non-hydrogen) atoms. The average molecular weight is 293 g/mol. The quantitative estimate of drug-likeness (QED) is 0.732. The number of benzene rings is 1. The number of carbonyl (C=O) groups is 2. The van der Waals surface area contributed by atoms with Crippen LogP contribution in [0, 0.1) is 5.92 Å². The van der Waals surface area contributed by atoms with Crippen molar-refractivity contribution >= 4 is 11.9 Å². The zero-order valence-electron chi connectivity index (χ0n) is 12.6. The fourth-order valence-electron chi connectivity index (χ4n) is 2.04. The van der Waals surface area contributed by atoms with E-state index in [0.717, 1.165) is 11.1 Å². The summed E-state index contributed by atoms with van der Waals surface area (Å²) in [6, 6.07) is 7.79. The molecule has 1 amide bonds. The number of ether oxygens (including phenoxy) is 1. The number of amides is 1. The first-order valence-corrected chi connectivity index (χ1v) is 7.16. The average Bonchev–Trinajstić information content (AvgIpc) is 2.42. The first kappa shape index (κ1) is 17.2. The summed E-state index contributed by atoms with van der Waals surface area (Å²) in [6.07, 6.45) is 0.230. The smallest absolute Gasteiger partial charge is 0.303 e. The van der Waals surface area contributed by atoms with Crippen LogP contribution in [0.3, 0.4) is 0 Å². The van der Waals surface area contributed by atoms with E-state index in [0.29, 0.717) is 19.8 Å². The Bertz CT molecular complexity index is 473. The molecule has 5 heteroatoms. The van der Waals surface area contributed by atoms with Crippen LogP contribution >= 0.6 is 0 Å². The maximum absolute atomic E-state index is 11.8. The summed E-state index contributed by atoms with van der Waals surface area (Å²) >= 11 is 0. The predicted octanol–water partition coefficient (Wildman–Crippen LogP) is 2.34. The summed E-state index contributed by atoms with van der Waals surface area (Å²) in [4.78, 5) is 22.4. The van der Waals surface area contributed by atoms with Crippen molar-refractivity contribution in [2.45, 2.75) is 39.8 Å². The van der Waals surface area contributed by atoms with E-state index in [1.165, 1.54) is 0 Å². The molecule has 0 heterocycles. The van der Waals surface area contributed by atoms with Crippen LogP contribution < -0.4 is 5.32 Å². The van der Waals surface area contributed by atoms with Crippen LogP contribution in [0.2, 0.25) is 0 Å². The van der Waals surface area contributed by atoms with Gasteiger partial charge in [-0.3, -0.25) is 9.59 Å². The second-order valence-corrected chi connectivity index (χ2v) is 5.09. The van der Waals surface area contributed by atoms with Crippen molar-refractivity contribution in [1.82, 2.24) is 5.32 Å². The van der Waals surface area contributed by atoms with Crippen LogP contribution in [0.1, 0.15) is 37.8 Å². The van der Waals surface area contributed by atoms with Gasteiger partial charge in [-0.2, -0.15) is 0 Å². The molecular weight excluding hydrogens is 270 g/mol. The van der Waals surface area contributed by atoms with Gasteiger partial charge in [0.1, 0.15) is 0 Å². The first-order valence-electron chi connectivity index (χ1n) is 7.16. The van der Waals surface area contributed by atoms with Gasteiger partial charge in [-0.05, 0) is 24.0 Å². The molecule has 0 fully saturated rings. The van der Waals surface area contributed by atoms with Crippen molar-refractivity contribution in [3.63, 3.8) is 0 Å². The van der Waals surface area contributed by atoms with Crippen LogP contribution in [0.4, 0.5) is 0 Å². The van der Waals surface area contributed by atoms with Crippen LogP contribution in [0.5, 0.6) is 0 Å². The summed E-state index contributed by atoms with van der Waals surface area (Å²) in [5.41, 5.74) is 2.07. The predicted molar refractivity (Wildman–Crippen MR) is 79.7 cm³/mol. The Morgan fingerprint density at radius 3 is 2.52 bits per heavy atom. The Morgan fingerprint density at radius 2 is 1.90 bits per heavy atom. The molecule has 0 saturated heterocycles. The van der Waals surface area contributed by atoms with E-state index in [9.17, 15) is 9.59 Å². The molecule has 1 rings (SSSR count). The van der Waals surface area contributed by atoms with Gasteiger partial charge in [0.2, 0.25) is 5.91 Å². The van der Waals surface area contributed by atoms with Crippen LogP contribution in [-0.2, 0) is 27.5 Å². The van der Waals surface area contributed by atoms with Gasteiger partial charge in [0, 0.05) is 26.0 Å². The number of carboxylic acid groups (broad SMARTS) is 1. The van der Waals surface area contributed by atoms with Gasteiger partial charge in [0.15, 0.2) is 0 Å². The van der Waals surface area contributed by atoms with Crippen molar-refractivity contribution in [2.75, 3.05) is 6.61 Å². The van der Waals surface area contributed by atoms with Gasteiger partial charge in [0.05, 0.1) is 6.61 Å². The van der Waals surface area contributed by atoms with Crippen LogP contribution in [0.15, 0.2) is 24.3 Å². The van der Waals surface area contributed by atoms with Crippen LogP contribution in [-0.4, -0.2) is 23.6 Å². The standard InChI is InChI=1S/C16H23NO4/c1-3-21-11-14-7-5-4-6-13(14)10-17-15(18)8-12(2)9-16(19)20/h4-7,12H,3,8-11H2,1-2H3,(H,17,18)(H,19,20). The molecule has 0 aliphatic heterocycles. The molecule has 5 nitrogen and oxygen atoms in total. The normalized spacial score (nSPS) is 11.9. The van der Waals surface area contributed by atoms with E-state index in [4.69, 9.17) is 9.84 Å². The van der Waals surface area contributed by atoms with E-state index in [-0.39, 0.29) is 24.7 Å². The SMILES string of the molecule is CCOCc1ccccc1CNC(=O)CC(C)CC(=O)O. The molecule has 116 valence electrons. The summed E-state index contributed by atoms with van der Waals surface area (Å²) in [7, 11) is 0. The molecule has 0 aromatic heterocycles. The second-order valence-electron chi connectivity index (χ2n) is 5.09. The van der Waals surface area contributed by atoms with Gasteiger partial charge < -0.3 is 15.2 Å². The summed E-state index contributed by atoms with van der Waals surface area (Å²) in [6.45, 7) is 5.30. The lowest BCUT2D eigenvalue weighted by atomic mass is 10.0. The summed E-state index contributed by atoms with van der Waals surface area (Å²) in [5.74, 6) is -1.17. The Balaban J connectivity index is 2.47. The molecule has 2 N–H and O–H groups in total. The van der Waals surface area contributed by atoms with E-state index < -0.39 is 5.97 Å². The number of hydrogen-bond acceptors (Lipinski definition) is 3. The third kappa shape index (κ3) is 6.90. The fraction of sp³-hybridized carbons (Fsp3) is 0.500. The van der Waals surface area contributed by atoms with E-state index in [2.05, 4.69) is 5.32 Å². The van der Waals surface area contributed by atoms with Gasteiger partial charge in [-0.15, -0.1) is 0 Å². The van der Waals surface area contributed by atoms with Gasteiger partial charge in [0.25, 0.3) is 0 Å². The Kier molecular flexibility index (Phi) is 7.46. The van der Waals surface area contributed by atoms with Crippen molar-refractivity contribution in [3.8, 4) is 0 Å². The highest BCUT2D eigenvalue weighted by Gasteiger charge is 2.12. The third-order valence-electron chi connectivity index (χ3n) is 3.11. The van der Waals surface area contributed by atoms with Gasteiger partial charge >= 0.3 is 5.97 Å². The maximum atomic E-state index is 11.8. The minimum absolute atomic E-state index is 0.00828. The number of carbonyl (C=O) groups excluding carboxylic acids is 1. The number of aliphatic carboxylic acids is 1. The number of carboxylic acids is 1. The second kappa shape index (κ2) is 9.13. The minimum Gasteiger partial charge on any atom is -0.481 e. The van der Waals surface area contributed by atoms with Crippen molar-refractivity contribution in [3.05, 3.63) is 35.4 Å². The summed E-state index contributed by atoms with van der Waals surface area (Å²) < 4.78 is 5.40. The first-order chi connectivity index (χ1) is 10.0. The molecule has 0 aliphatic carbocycles. The lowest BCUT2D eigenvalue weighted by Gasteiger charge is -2.12. The molecule has 0 spiro atoms. The third-order valence-corrected chi connectivity index (χ3v) is 3.11. The highest BCUT2D eigenvalue weighted by Crippen LogP contribution is 2.11. The zero-order valence-corrected chi connectivity index (χ0v) is 12.6. The Morgan fingerprint density at radius 1 is 1.24 bits per heavy atom. The minimum atomic E-state index is -0.877. The zero-order chi connectivity index (χ0) is 15.7. The van der Waals surface area contributed by atoms with Crippen LogP contribution in [0.25, 0.3) is 0 Å². The number of hydrogen-bond donors (Lipinski definition) is 2. The Labute approximate surface area is 125 Å². The molecule has 0 bridgehead atoms. The lowest BCUT2D eigenvalue weighted by Crippen LogP contribution is -2.25. The highest BCUT2D eigenvalue weighted by atomic mass is 16.5. The molecule has 1 unspecified atom stereocenters. The number of rotatable bonds is 9. The van der Waals surface area contributed by atoms with Crippen molar-refractivity contribution in [1.29, 1.82) is 0 Å². The maximum Gasteiger partial charge on any atom is 0.303 e. The van der Waals surface area contributed by atoms with Gasteiger partial charge in [-0.1, -0.05) is 31.2 Å². The van der Waals surface area contributed by atoms with E-state index in [1.807, 2.05) is 31.2 Å². The largest absolute Gasteiger partial charge is 0.481 e. The molecule has 1 aromatic rings. The lowest BCUT2D eigenvalue weighted by molar-refractivity contribution is -0.138. The van der Waals surface area contributed by atoms with E-state index in [1.54, 1.807) is 6.92 Å². The topological polar surface area (TPSA) is 75.6 Å². The number of nitrogens with one attached hydrogen (secondary N) is 1. The van der Waals surface area contributed by atoms with E-state index >= 15 is 0 Å². The molecule has 0 radical (unpaired) electrons. The molecule has 1 atom stereocenters. The van der Waals surface area contributed by atoms with Crippen molar-refractivity contribution in [2.24, 2.45) is 5.92 Å². The molecule has 0 aliphatic rings. The molecule has 1 aromatic carbocycles. The Hall–Kier alpha value is -1.88. The monoisotopic (exact) mass is 293 g/mol. The molecule has 0 saturated carbocycles.